The number of para-hydroxylation sites is 1. The van der Waals surface area contributed by atoms with E-state index in [2.05, 4.69) is 26.7 Å². The molecule has 0 aliphatic heterocycles. The minimum Gasteiger partial charge on any atom is -0.496 e. The van der Waals surface area contributed by atoms with Crippen molar-refractivity contribution in [2.24, 2.45) is 0 Å². The van der Waals surface area contributed by atoms with Gasteiger partial charge in [0.05, 0.1) is 7.11 Å². The molecule has 3 rings (SSSR count). The van der Waals surface area contributed by atoms with Crippen LogP contribution in [0.5, 0.6) is 5.75 Å². The van der Waals surface area contributed by atoms with Crippen LogP contribution in [0, 0.1) is 0 Å². The zero-order valence-electron chi connectivity index (χ0n) is 13.9. The highest BCUT2D eigenvalue weighted by Gasteiger charge is 2.03. The van der Waals surface area contributed by atoms with Gasteiger partial charge < -0.3 is 15.4 Å². The van der Waals surface area contributed by atoms with Crippen LogP contribution in [0.2, 0.25) is 5.02 Å². The highest BCUT2D eigenvalue weighted by molar-refractivity contribution is 6.30. The standard InChI is InChI=1S/C19H19ClN4O/c1-25-17-5-3-2-4-14(17)10-12-21-19-22-13-11-18(24-19)23-16-8-6-15(20)7-9-16/h2-9,11,13H,10,12H2,1H3,(H2,21,22,23,24). The van der Waals surface area contributed by atoms with Gasteiger partial charge in [-0.3, -0.25) is 0 Å². The lowest BCUT2D eigenvalue weighted by atomic mass is 10.1. The highest BCUT2D eigenvalue weighted by atomic mass is 35.5. The Morgan fingerprint density at radius 3 is 2.64 bits per heavy atom. The second-order valence-corrected chi connectivity index (χ2v) is 5.82. The van der Waals surface area contributed by atoms with Gasteiger partial charge in [-0.15, -0.1) is 0 Å². The molecule has 0 radical (unpaired) electrons. The molecule has 0 saturated carbocycles. The molecule has 0 aliphatic carbocycles. The maximum absolute atomic E-state index is 5.90. The first-order valence-corrected chi connectivity index (χ1v) is 8.34. The number of hydrogen-bond acceptors (Lipinski definition) is 5. The zero-order valence-corrected chi connectivity index (χ0v) is 14.6. The van der Waals surface area contributed by atoms with E-state index in [1.807, 2.05) is 48.5 Å². The van der Waals surface area contributed by atoms with Crippen LogP contribution < -0.4 is 15.4 Å². The molecule has 1 heterocycles. The fourth-order valence-corrected chi connectivity index (χ4v) is 2.54. The first kappa shape index (κ1) is 17.0. The third-order valence-corrected chi connectivity index (χ3v) is 3.89. The summed E-state index contributed by atoms with van der Waals surface area (Å²) in [5.41, 5.74) is 2.07. The SMILES string of the molecule is COc1ccccc1CCNc1nccc(Nc2ccc(Cl)cc2)n1. The number of methoxy groups -OCH3 is 1. The van der Waals surface area contributed by atoms with Crippen LogP contribution in [0.25, 0.3) is 0 Å². The van der Waals surface area contributed by atoms with Gasteiger partial charge in [0.2, 0.25) is 5.95 Å². The van der Waals surface area contributed by atoms with E-state index in [0.717, 1.165) is 29.2 Å². The topological polar surface area (TPSA) is 59.1 Å². The van der Waals surface area contributed by atoms with Crippen molar-refractivity contribution in [1.82, 2.24) is 9.97 Å². The Hall–Kier alpha value is -2.79. The molecular formula is C19H19ClN4O. The van der Waals surface area contributed by atoms with Crippen LogP contribution in [0.3, 0.4) is 0 Å². The molecule has 0 unspecified atom stereocenters. The van der Waals surface area contributed by atoms with Crippen molar-refractivity contribution < 1.29 is 4.74 Å². The fraction of sp³-hybridized carbons (Fsp3) is 0.158. The average molecular weight is 355 g/mol. The Kier molecular flexibility index (Phi) is 5.69. The van der Waals surface area contributed by atoms with Crippen LogP contribution in [0.1, 0.15) is 5.56 Å². The molecule has 0 fully saturated rings. The molecule has 128 valence electrons. The molecule has 3 aromatic rings. The second-order valence-electron chi connectivity index (χ2n) is 5.39. The Morgan fingerprint density at radius 2 is 1.84 bits per heavy atom. The molecule has 1 aromatic heterocycles. The van der Waals surface area contributed by atoms with Gasteiger partial charge in [0.15, 0.2) is 0 Å². The molecule has 5 nitrogen and oxygen atoms in total. The Labute approximate surface area is 152 Å². The van der Waals surface area contributed by atoms with Crippen molar-refractivity contribution in [3.63, 3.8) is 0 Å². The Balaban J connectivity index is 1.59. The molecule has 0 spiro atoms. The van der Waals surface area contributed by atoms with Gasteiger partial charge in [-0.1, -0.05) is 29.8 Å². The van der Waals surface area contributed by atoms with Gasteiger partial charge in [-0.2, -0.15) is 4.98 Å². The number of nitrogens with zero attached hydrogens (tertiary/aromatic N) is 2. The summed E-state index contributed by atoms with van der Waals surface area (Å²) in [4.78, 5) is 8.72. The first-order chi connectivity index (χ1) is 12.2. The van der Waals surface area contributed by atoms with Crippen molar-refractivity contribution in [3.05, 3.63) is 71.4 Å². The summed E-state index contributed by atoms with van der Waals surface area (Å²) in [7, 11) is 1.68. The average Bonchev–Trinajstić information content (AvgIpc) is 2.64. The summed E-state index contributed by atoms with van der Waals surface area (Å²) >= 11 is 5.90. The van der Waals surface area contributed by atoms with Gasteiger partial charge in [-0.25, -0.2) is 4.98 Å². The lowest BCUT2D eigenvalue weighted by Crippen LogP contribution is -2.09. The molecule has 6 heteroatoms. The number of rotatable bonds is 7. The minimum absolute atomic E-state index is 0.578. The largest absolute Gasteiger partial charge is 0.496 e. The predicted molar refractivity (Wildman–Crippen MR) is 102 cm³/mol. The van der Waals surface area contributed by atoms with Crippen LogP contribution in [-0.4, -0.2) is 23.6 Å². The van der Waals surface area contributed by atoms with Gasteiger partial charge in [0.1, 0.15) is 11.6 Å². The number of benzene rings is 2. The maximum atomic E-state index is 5.90. The predicted octanol–water partition coefficient (Wildman–Crippen LogP) is 4.54. The number of hydrogen-bond donors (Lipinski definition) is 2. The minimum atomic E-state index is 0.578. The van der Waals surface area contributed by atoms with E-state index in [0.29, 0.717) is 17.5 Å². The molecule has 0 aliphatic rings. The third-order valence-electron chi connectivity index (χ3n) is 3.64. The third kappa shape index (κ3) is 4.84. The van der Waals surface area contributed by atoms with Crippen LogP contribution in [0.4, 0.5) is 17.5 Å². The summed E-state index contributed by atoms with van der Waals surface area (Å²) in [6.07, 6.45) is 2.54. The van der Waals surface area contributed by atoms with Crippen molar-refractivity contribution in [2.75, 3.05) is 24.3 Å². The van der Waals surface area contributed by atoms with Crippen molar-refractivity contribution in [1.29, 1.82) is 0 Å². The zero-order chi connectivity index (χ0) is 17.5. The Bertz CT molecular complexity index is 824. The van der Waals surface area contributed by atoms with E-state index in [-0.39, 0.29) is 0 Å². The lowest BCUT2D eigenvalue weighted by Gasteiger charge is -2.10. The van der Waals surface area contributed by atoms with E-state index in [9.17, 15) is 0 Å². The lowest BCUT2D eigenvalue weighted by molar-refractivity contribution is 0.410. The molecule has 25 heavy (non-hydrogen) atoms. The molecule has 2 N–H and O–H groups in total. The normalized spacial score (nSPS) is 10.3. The number of aromatic nitrogens is 2. The van der Waals surface area contributed by atoms with Crippen LogP contribution >= 0.6 is 11.6 Å². The van der Waals surface area contributed by atoms with Crippen LogP contribution in [0.15, 0.2) is 60.8 Å². The van der Waals surface area contributed by atoms with E-state index >= 15 is 0 Å². The van der Waals surface area contributed by atoms with Gasteiger partial charge in [-0.05, 0) is 48.4 Å². The van der Waals surface area contributed by atoms with E-state index in [1.165, 1.54) is 0 Å². The summed E-state index contributed by atoms with van der Waals surface area (Å²) in [5.74, 6) is 2.19. The summed E-state index contributed by atoms with van der Waals surface area (Å²) in [6, 6.07) is 17.3. The maximum Gasteiger partial charge on any atom is 0.224 e. The molecule has 0 atom stereocenters. The number of ether oxygens (including phenoxy) is 1. The van der Waals surface area contributed by atoms with Crippen molar-refractivity contribution in [2.45, 2.75) is 6.42 Å². The molecule has 0 bridgehead atoms. The number of nitrogens with one attached hydrogen (secondary N) is 2. The van der Waals surface area contributed by atoms with Crippen LogP contribution in [-0.2, 0) is 6.42 Å². The highest BCUT2D eigenvalue weighted by Crippen LogP contribution is 2.19. The Morgan fingerprint density at radius 1 is 1.04 bits per heavy atom. The van der Waals surface area contributed by atoms with E-state index in [4.69, 9.17) is 16.3 Å². The molecule has 2 aromatic carbocycles. The molecular weight excluding hydrogens is 336 g/mol. The van der Waals surface area contributed by atoms with Gasteiger partial charge >= 0.3 is 0 Å². The monoisotopic (exact) mass is 354 g/mol. The molecule has 0 amide bonds. The van der Waals surface area contributed by atoms with Gasteiger partial charge in [0, 0.05) is 23.5 Å². The number of anilines is 3. The van der Waals surface area contributed by atoms with E-state index in [1.54, 1.807) is 13.3 Å². The van der Waals surface area contributed by atoms with Crippen molar-refractivity contribution in [3.8, 4) is 5.75 Å². The smallest absolute Gasteiger partial charge is 0.224 e. The van der Waals surface area contributed by atoms with E-state index < -0.39 is 0 Å². The summed E-state index contributed by atoms with van der Waals surface area (Å²) in [6.45, 7) is 0.713. The van der Waals surface area contributed by atoms with Crippen molar-refractivity contribution >= 4 is 29.1 Å². The quantitative estimate of drug-likeness (QED) is 0.652. The number of halogens is 1. The summed E-state index contributed by atoms with van der Waals surface area (Å²) < 4.78 is 5.36. The fourth-order valence-electron chi connectivity index (χ4n) is 2.41. The summed E-state index contributed by atoms with van der Waals surface area (Å²) in [5, 5.41) is 7.17. The second kappa shape index (κ2) is 8.35. The molecule has 0 saturated heterocycles. The van der Waals surface area contributed by atoms with Gasteiger partial charge in [0.25, 0.3) is 0 Å². The first-order valence-electron chi connectivity index (χ1n) is 7.96.